The van der Waals surface area contributed by atoms with Gasteiger partial charge in [-0.25, -0.2) is 4.98 Å². The Bertz CT molecular complexity index is 1130. The van der Waals surface area contributed by atoms with Crippen molar-refractivity contribution in [2.75, 3.05) is 32.8 Å². The van der Waals surface area contributed by atoms with Crippen LogP contribution in [0, 0.1) is 6.92 Å². The Morgan fingerprint density at radius 3 is 2.58 bits per heavy atom. The molecular weight excluding hydrogens is 414 g/mol. The number of fused-ring (bicyclic) bond motifs is 1. The minimum absolute atomic E-state index is 0.0239. The Labute approximate surface area is 195 Å². The van der Waals surface area contributed by atoms with Crippen LogP contribution in [0.15, 0.2) is 36.4 Å². The zero-order chi connectivity index (χ0) is 22.8. The highest BCUT2D eigenvalue weighted by atomic mass is 16.5. The lowest BCUT2D eigenvalue weighted by molar-refractivity contribution is -0.0361. The Morgan fingerprint density at radius 2 is 1.85 bits per heavy atom. The molecule has 174 valence electrons. The van der Waals surface area contributed by atoms with Gasteiger partial charge in [0.15, 0.2) is 5.65 Å². The van der Waals surface area contributed by atoms with Crippen LogP contribution in [-0.4, -0.2) is 64.0 Å². The highest BCUT2D eigenvalue weighted by molar-refractivity contribution is 6.07. The largest absolute Gasteiger partial charge is 0.379 e. The number of nitrogens with one attached hydrogen (secondary N) is 1. The molecule has 0 bridgehead atoms. The Hall–Kier alpha value is -2.77. The molecule has 0 atom stereocenters. The third-order valence-corrected chi connectivity index (χ3v) is 7.33. The molecule has 1 aromatic carbocycles. The molecule has 1 N–H and O–H groups in total. The summed E-state index contributed by atoms with van der Waals surface area (Å²) in [6, 6.07) is 11.9. The van der Waals surface area contributed by atoms with E-state index in [0.29, 0.717) is 12.1 Å². The number of ether oxygens (including phenoxy) is 1. The van der Waals surface area contributed by atoms with Gasteiger partial charge in [-0.3, -0.25) is 14.4 Å². The zero-order valence-electron chi connectivity index (χ0n) is 19.6. The summed E-state index contributed by atoms with van der Waals surface area (Å²) >= 11 is 0. The molecule has 0 unspecified atom stereocenters. The van der Waals surface area contributed by atoms with E-state index in [1.807, 2.05) is 50.4 Å². The predicted octanol–water partition coefficient (Wildman–Crippen LogP) is 3.71. The Kier molecular flexibility index (Phi) is 6.17. The highest BCUT2D eigenvalue weighted by Gasteiger charge is 2.39. The fourth-order valence-electron chi connectivity index (χ4n) is 5.57. The second-order valence-corrected chi connectivity index (χ2v) is 9.40. The number of aryl methyl sites for hydroxylation is 2. The van der Waals surface area contributed by atoms with Gasteiger partial charge in [-0.2, -0.15) is 5.10 Å². The number of rotatable bonds is 5. The van der Waals surface area contributed by atoms with Gasteiger partial charge in [-0.05, 0) is 25.8 Å². The number of aromatic nitrogens is 3. The summed E-state index contributed by atoms with van der Waals surface area (Å²) in [5.74, 6) is -0.0473. The third-order valence-electron chi connectivity index (χ3n) is 7.33. The van der Waals surface area contributed by atoms with Crippen molar-refractivity contribution in [1.82, 2.24) is 25.0 Å². The maximum atomic E-state index is 13.7. The summed E-state index contributed by atoms with van der Waals surface area (Å²) in [5, 5.41) is 8.72. The zero-order valence-corrected chi connectivity index (χ0v) is 19.6. The molecule has 2 fully saturated rings. The molecule has 7 nitrogen and oxygen atoms in total. The fourth-order valence-corrected chi connectivity index (χ4v) is 5.57. The van der Waals surface area contributed by atoms with Gasteiger partial charge in [0.05, 0.1) is 35.6 Å². The van der Waals surface area contributed by atoms with Crippen LogP contribution in [0.5, 0.6) is 0 Å². The number of morpholine rings is 1. The van der Waals surface area contributed by atoms with E-state index in [1.54, 1.807) is 4.68 Å². The van der Waals surface area contributed by atoms with E-state index < -0.39 is 0 Å². The van der Waals surface area contributed by atoms with Crippen molar-refractivity contribution in [1.29, 1.82) is 0 Å². The third kappa shape index (κ3) is 4.27. The average molecular weight is 448 g/mol. The highest BCUT2D eigenvalue weighted by Crippen LogP contribution is 2.34. The van der Waals surface area contributed by atoms with Crippen molar-refractivity contribution < 1.29 is 9.53 Å². The number of nitrogens with zero attached hydrogens (tertiary/aromatic N) is 4. The molecule has 1 aliphatic carbocycles. The molecule has 0 radical (unpaired) electrons. The van der Waals surface area contributed by atoms with Gasteiger partial charge >= 0.3 is 0 Å². The lowest BCUT2D eigenvalue weighted by Crippen LogP contribution is -2.59. The summed E-state index contributed by atoms with van der Waals surface area (Å²) < 4.78 is 7.37. The SMILES string of the molecule is Cc1nn(C)c2nc(-c3ccccc3)cc(C(=O)NCC3(N4CCOCC4)CCCCC3)c12. The minimum Gasteiger partial charge on any atom is -0.379 e. The second-order valence-electron chi connectivity index (χ2n) is 9.40. The van der Waals surface area contributed by atoms with Gasteiger partial charge in [-0.1, -0.05) is 49.6 Å². The van der Waals surface area contributed by atoms with E-state index in [1.165, 1.54) is 19.3 Å². The molecule has 1 saturated heterocycles. The standard InChI is InChI=1S/C26H33N5O2/c1-19-23-21(17-22(20-9-5-3-6-10-20)28-24(23)30(2)29-19)25(32)27-18-26(11-7-4-8-12-26)31-13-15-33-16-14-31/h3,5-6,9-10,17H,4,7-8,11-16,18H2,1-2H3,(H,27,32). The molecule has 1 aliphatic heterocycles. The molecule has 1 amide bonds. The van der Waals surface area contributed by atoms with E-state index >= 15 is 0 Å². The number of hydrogen-bond donors (Lipinski definition) is 1. The van der Waals surface area contributed by atoms with Crippen molar-refractivity contribution >= 4 is 16.9 Å². The Morgan fingerprint density at radius 1 is 1.12 bits per heavy atom. The van der Waals surface area contributed by atoms with Crippen molar-refractivity contribution in [3.63, 3.8) is 0 Å². The first-order valence-corrected chi connectivity index (χ1v) is 12.1. The van der Waals surface area contributed by atoms with Crippen molar-refractivity contribution in [2.45, 2.75) is 44.6 Å². The predicted molar refractivity (Wildman–Crippen MR) is 129 cm³/mol. The van der Waals surface area contributed by atoms with E-state index in [4.69, 9.17) is 9.72 Å². The molecule has 2 aliphatic rings. The quantitative estimate of drug-likeness (QED) is 0.646. The first kappa shape index (κ1) is 22.0. The van der Waals surface area contributed by atoms with Gasteiger partial charge in [0.1, 0.15) is 0 Å². The first-order chi connectivity index (χ1) is 16.1. The van der Waals surface area contributed by atoms with E-state index in [2.05, 4.69) is 15.3 Å². The van der Waals surface area contributed by atoms with E-state index in [-0.39, 0.29) is 11.4 Å². The molecule has 3 aromatic rings. The number of pyridine rings is 1. The number of carbonyl (C=O) groups excluding carboxylic acids is 1. The molecule has 3 heterocycles. The molecule has 2 aromatic heterocycles. The van der Waals surface area contributed by atoms with Crippen molar-refractivity contribution in [3.05, 3.63) is 47.7 Å². The van der Waals surface area contributed by atoms with Crippen LogP contribution < -0.4 is 5.32 Å². The van der Waals surface area contributed by atoms with Crippen LogP contribution in [0.1, 0.15) is 48.2 Å². The molecule has 33 heavy (non-hydrogen) atoms. The molecular formula is C26H33N5O2. The van der Waals surface area contributed by atoms with Gasteiger partial charge in [-0.15, -0.1) is 0 Å². The van der Waals surface area contributed by atoms with E-state index in [9.17, 15) is 4.79 Å². The number of amides is 1. The summed E-state index contributed by atoms with van der Waals surface area (Å²) in [7, 11) is 1.88. The summed E-state index contributed by atoms with van der Waals surface area (Å²) in [4.78, 5) is 21.1. The van der Waals surface area contributed by atoms with Crippen LogP contribution in [-0.2, 0) is 11.8 Å². The first-order valence-electron chi connectivity index (χ1n) is 12.1. The summed E-state index contributed by atoms with van der Waals surface area (Å²) in [5.41, 5.74) is 4.01. The van der Waals surface area contributed by atoms with Crippen LogP contribution in [0.2, 0.25) is 0 Å². The monoisotopic (exact) mass is 447 g/mol. The Balaban J connectivity index is 1.47. The smallest absolute Gasteiger partial charge is 0.252 e. The van der Waals surface area contributed by atoms with Gasteiger partial charge in [0.2, 0.25) is 0 Å². The average Bonchev–Trinajstić information content (AvgIpc) is 3.17. The lowest BCUT2D eigenvalue weighted by atomic mass is 9.79. The normalized spacial score (nSPS) is 19.0. The molecule has 7 heteroatoms. The van der Waals surface area contributed by atoms with E-state index in [0.717, 1.165) is 67.1 Å². The maximum absolute atomic E-state index is 13.7. The van der Waals surface area contributed by atoms with Gasteiger partial charge in [0, 0.05) is 37.8 Å². The second kappa shape index (κ2) is 9.23. The maximum Gasteiger partial charge on any atom is 0.252 e. The number of benzene rings is 1. The summed E-state index contributed by atoms with van der Waals surface area (Å²) in [6.45, 7) is 6.03. The molecule has 0 spiro atoms. The topological polar surface area (TPSA) is 72.3 Å². The number of hydrogen-bond acceptors (Lipinski definition) is 5. The lowest BCUT2D eigenvalue weighted by Gasteiger charge is -2.48. The minimum atomic E-state index is -0.0473. The molecule has 5 rings (SSSR count). The summed E-state index contributed by atoms with van der Waals surface area (Å²) in [6.07, 6.45) is 5.96. The van der Waals surface area contributed by atoms with Crippen molar-refractivity contribution in [2.24, 2.45) is 7.05 Å². The number of carbonyl (C=O) groups is 1. The van der Waals surface area contributed by atoms with Gasteiger partial charge < -0.3 is 10.1 Å². The van der Waals surface area contributed by atoms with Crippen LogP contribution in [0.4, 0.5) is 0 Å². The van der Waals surface area contributed by atoms with Crippen LogP contribution in [0.3, 0.4) is 0 Å². The van der Waals surface area contributed by atoms with Crippen LogP contribution >= 0.6 is 0 Å². The van der Waals surface area contributed by atoms with Gasteiger partial charge in [0.25, 0.3) is 5.91 Å². The van der Waals surface area contributed by atoms with Crippen LogP contribution in [0.25, 0.3) is 22.3 Å². The fraction of sp³-hybridized carbons (Fsp3) is 0.500. The molecule has 1 saturated carbocycles. The van der Waals surface area contributed by atoms with Crippen molar-refractivity contribution in [3.8, 4) is 11.3 Å².